The Labute approximate surface area is 174 Å². The predicted molar refractivity (Wildman–Crippen MR) is 117 cm³/mol. The molecule has 0 spiro atoms. The summed E-state index contributed by atoms with van der Waals surface area (Å²) in [4.78, 5) is 13.8. The summed E-state index contributed by atoms with van der Waals surface area (Å²) in [5, 5.41) is 12.8. The molecule has 2 N–H and O–H groups in total. The summed E-state index contributed by atoms with van der Waals surface area (Å²) < 4.78 is 2.40. The van der Waals surface area contributed by atoms with Gasteiger partial charge in [0, 0.05) is 36.4 Å². The first kappa shape index (κ1) is 20.3. The fraction of sp³-hybridized carbons (Fsp3) is 0.625. The number of carbonyl (C=O) groups is 1. The van der Waals surface area contributed by atoms with E-state index in [0.717, 1.165) is 49.5 Å². The van der Waals surface area contributed by atoms with E-state index in [1.54, 1.807) is 0 Å². The number of hydrogen-bond donors (Lipinski definition) is 2. The summed E-state index contributed by atoms with van der Waals surface area (Å²) in [5.41, 5.74) is 2.30. The third-order valence-corrected chi connectivity index (χ3v) is 7.31. The zero-order valence-corrected chi connectivity index (χ0v) is 17.8. The lowest BCUT2D eigenvalue weighted by Gasteiger charge is -2.42. The van der Waals surface area contributed by atoms with Gasteiger partial charge in [0.2, 0.25) is 0 Å². The zero-order chi connectivity index (χ0) is 20.4. The fourth-order valence-corrected chi connectivity index (χ4v) is 5.61. The number of aromatic nitrogens is 1. The van der Waals surface area contributed by atoms with E-state index in [4.69, 9.17) is 5.11 Å². The molecule has 2 fully saturated rings. The number of amides is 1. The summed E-state index contributed by atoms with van der Waals surface area (Å²) in [5.74, 6) is 1.74. The van der Waals surface area contributed by atoms with Crippen LogP contribution in [-0.2, 0) is 6.54 Å². The van der Waals surface area contributed by atoms with E-state index >= 15 is 0 Å². The van der Waals surface area contributed by atoms with Crippen LogP contribution < -0.4 is 5.32 Å². The number of nitrogens with one attached hydrogen (secondary N) is 1. The second kappa shape index (κ2) is 8.78. The predicted octanol–water partition coefficient (Wildman–Crippen LogP) is 5.26. The highest BCUT2D eigenvalue weighted by atomic mass is 16.4. The molecule has 158 valence electrons. The Bertz CT molecular complexity index is 828. The number of nitrogens with zero attached hydrogens (tertiary/aromatic N) is 2. The second-order valence-electron chi connectivity index (χ2n) is 9.30. The van der Waals surface area contributed by atoms with Crippen LogP contribution in [0, 0.1) is 11.8 Å². The smallest absolute Gasteiger partial charge is 0.404 e. The van der Waals surface area contributed by atoms with Crippen LogP contribution in [0.25, 0.3) is 10.9 Å². The normalized spacial score (nSPS) is 24.2. The van der Waals surface area contributed by atoms with Gasteiger partial charge in [0.25, 0.3) is 0 Å². The monoisotopic (exact) mass is 397 g/mol. The molecular formula is C24H35N3O2. The Morgan fingerprint density at radius 1 is 1.07 bits per heavy atom. The lowest BCUT2D eigenvalue weighted by atomic mass is 9.79. The number of hydrogen-bond acceptors (Lipinski definition) is 2. The number of rotatable bonds is 5. The van der Waals surface area contributed by atoms with E-state index in [-0.39, 0.29) is 0 Å². The summed E-state index contributed by atoms with van der Waals surface area (Å²) in [6, 6.07) is 11.8. The van der Waals surface area contributed by atoms with Gasteiger partial charge in [-0.05, 0) is 67.9 Å². The Kier molecular flexibility index (Phi) is 6.14. The Morgan fingerprint density at radius 3 is 2.41 bits per heavy atom. The summed E-state index contributed by atoms with van der Waals surface area (Å²) in [7, 11) is 0. The highest BCUT2D eigenvalue weighted by molar-refractivity contribution is 5.81. The van der Waals surface area contributed by atoms with Crippen LogP contribution in [0.2, 0.25) is 0 Å². The average Bonchev–Trinajstić information content (AvgIpc) is 3.11. The number of piperidine rings is 1. The van der Waals surface area contributed by atoms with Gasteiger partial charge in [-0.15, -0.1) is 0 Å². The molecule has 0 atom stereocenters. The van der Waals surface area contributed by atoms with Gasteiger partial charge in [-0.2, -0.15) is 0 Å². The van der Waals surface area contributed by atoms with Crippen LogP contribution >= 0.6 is 0 Å². The van der Waals surface area contributed by atoms with Crippen molar-refractivity contribution in [2.75, 3.05) is 13.1 Å². The van der Waals surface area contributed by atoms with Gasteiger partial charge in [-0.1, -0.05) is 32.0 Å². The maximum atomic E-state index is 11.0. The standard InChI is InChI=1S/C24H35N3O2/c1-17(2)18-7-9-20(10-8-18)26-13-11-21(12-14-26)27-22(16-25-24(28)29)15-19-5-3-4-6-23(19)27/h3-6,15,17-18,20-21,25H,7-14,16H2,1-2H3,(H,28,29)/t18-,20+. The van der Waals surface area contributed by atoms with E-state index < -0.39 is 6.09 Å². The number of benzene rings is 1. The SMILES string of the molecule is CC(C)[C@H]1CC[C@@H](N2CCC(n3c(CNC(=O)O)cc4ccccc43)CC2)CC1. The summed E-state index contributed by atoms with van der Waals surface area (Å²) in [6.45, 7) is 7.41. The number of carboxylic acid groups (broad SMARTS) is 1. The summed E-state index contributed by atoms with van der Waals surface area (Å²) in [6.07, 6.45) is 6.80. The highest BCUT2D eigenvalue weighted by Crippen LogP contribution is 2.36. The van der Waals surface area contributed by atoms with Crippen LogP contribution in [0.3, 0.4) is 0 Å². The topological polar surface area (TPSA) is 57.5 Å². The van der Waals surface area contributed by atoms with Crippen LogP contribution in [0.5, 0.6) is 0 Å². The van der Waals surface area contributed by atoms with Gasteiger partial charge in [-0.3, -0.25) is 0 Å². The molecule has 1 saturated carbocycles. The minimum Gasteiger partial charge on any atom is -0.465 e. The molecule has 29 heavy (non-hydrogen) atoms. The van der Waals surface area contributed by atoms with Crippen LogP contribution in [0.15, 0.2) is 30.3 Å². The van der Waals surface area contributed by atoms with Gasteiger partial charge < -0.3 is 19.9 Å². The van der Waals surface area contributed by atoms with Crippen molar-refractivity contribution in [3.8, 4) is 0 Å². The first-order valence-corrected chi connectivity index (χ1v) is 11.3. The van der Waals surface area contributed by atoms with Gasteiger partial charge >= 0.3 is 6.09 Å². The van der Waals surface area contributed by atoms with Crippen molar-refractivity contribution in [3.63, 3.8) is 0 Å². The van der Waals surface area contributed by atoms with E-state index in [0.29, 0.717) is 12.6 Å². The molecule has 2 heterocycles. The zero-order valence-electron chi connectivity index (χ0n) is 17.8. The van der Waals surface area contributed by atoms with Crippen LogP contribution in [0.4, 0.5) is 4.79 Å². The minimum absolute atomic E-state index is 0.365. The molecule has 1 aliphatic carbocycles. The molecule has 4 rings (SSSR count). The maximum Gasteiger partial charge on any atom is 0.404 e. The highest BCUT2D eigenvalue weighted by Gasteiger charge is 2.31. The van der Waals surface area contributed by atoms with Crippen molar-refractivity contribution in [2.45, 2.75) is 71.0 Å². The molecular weight excluding hydrogens is 362 g/mol. The molecule has 1 saturated heterocycles. The number of likely N-dealkylation sites (tertiary alicyclic amines) is 1. The van der Waals surface area contributed by atoms with Crippen molar-refractivity contribution >= 4 is 17.0 Å². The molecule has 2 aliphatic rings. The lowest BCUT2D eigenvalue weighted by molar-refractivity contribution is 0.0889. The minimum atomic E-state index is -0.964. The van der Waals surface area contributed by atoms with Gasteiger partial charge in [-0.25, -0.2) is 4.79 Å². The Hall–Kier alpha value is -2.01. The van der Waals surface area contributed by atoms with Crippen molar-refractivity contribution in [1.29, 1.82) is 0 Å². The molecule has 0 unspecified atom stereocenters. The molecule has 0 bridgehead atoms. The molecule has 1 aromatic carbocycles. The molecule has 2 aromatic rings. The maximum absolute atomic E-state index is 11.0. The van der Waals surface area contributed by atoms with E-state index in [1.807, 2.05) is 0 Å². The van der Waals surface area contributed by atoms with Crippen molar-refractivity contribution in [1.82, 2.24) is 14.8 Å². The van der Waals surface area contributed by atoms with Crippen molar-refractivity contribution < 1.29 is 9.90 Å². The Balaban J connectivity index is 1.44. The van der Waals surface area contributed by atoms with Gasteiger partial charge in [0.1, 0.15) is 0 Å². The molecule has 1 amide bonds. The molecule has 1 aliphatic heterocycles. The van der Waals surface area contributed by atoms with Crippen molar-refractivity contribution in [3.05, 3.63) is 36.0 Å². The molecule has 5 heteroatoms. The fourth-order valence-electron chi connectivity index (χ4n) is 5.61. The first-order valence-electron chi connectivity index (χ1n) is 11.3. The largest absolute Gasteiger partial charge is 0.465 e. The van der Waals surface area contributed by atoms with Gasteiger partial charge in [0.15, 0.2) is 0 Å². The quantitative estimate of drug-likeness (QED) is 0.723. The van der Waals surface area contributed by atoms with E-state index in [2.05, 4.69) is 59.0 Å². The first-order chi connectivity index (χ1) is 14.0. The van der Waals surface area contributed by atoms with Crippen LogP contribution in [0.1, 0.15) is 64.1 Å². The number of para-hydroxylation sites is 1. The third-order valence-electron chi connectivity index (χ3n) is 7.31. The lowest BCUT2D eigenvalue weighted by Crippen LogP contribution is -2.44. The Morgan fingerprint density at radius 2 is 1.76 bits per heavy atom. The van der Waals surface area contributed by atoms with Crippen molar-refractivity contribution in [2.24, 2.45) is 11.8 Å². The number of fused-ring (bicyclic) bond motifs is 1. The van der Waals surface area contributed by atoms with E-state index in [1.165, 1.54) is 36.6 Å². The third kappa shape index (κ3) is 4.45. The van der Waals surface area contributed by atoms with Crippen LogP contribution in [-0.4, -0.2) is 39.8 Å². The second-order valence-corrected chi connectivity index (χ2v) is 9.30. The van der Waals surface area contributed by atoms with Gasteiger partial charge in [0.05, 0.1) is 6.54 Å². The summed E-state index contributed by atoms with van der Waals surface area (Å²) >= 11 is 0. The molecule has 5 nitrogen and oxygen atoms in total. The molecule has 0 radical (unpaired) electrons. The molecule has 1 aromatic heterocycles. The average molecular weight is 398 g/mol. The van der Waals surface area contributed by atoms with E-state index in [9.17, 15) is 4.79 Å².